The Morgan fingerprint density at radius 3 is 2.88 bits per heavy atom. The molecular formula is C14H16N2S. The Bertz CT molecular complexity index is 497. The van der Waals surface area contributed by atoms with Crippen LogP contribution in [0.5, 0.6) is 0 Å². The van der Waals surface area contributed by atoms with Crippen LogP contribution in [0.2, 0.25) is 0 Å². The van der Waals surface area contributed by atoms with Gasteiger partial charge in [0.15, 0.2) is 0 Å². The minimum Gasteiger partial charge on any atom is -0.388 e. The number of benzene rings is 1. The number of pyridine rings is 1. The largest absolute Gasteiger partial charge is 0.388 e. The van der Waals surface area contributed by atoms with Gasteiger partial charge in [0.2, 0.25) is 0 Å². The fourth-order valence-electron chi connectivity index (χ4n) is 1.58. The van der Waals surface area contributed by atoms with E-state index in [1.165, 1.54) is 10.5 Å². The Morgan fingerprint density at radius 1 is 1.24 bits per heavy atom. The molecule has 1 aromatic heterocycles. The maximum absolute atomic E-state index is 4.36. The summed E-state index contributed by atoms with van der Waals surface area (Å²) in [6, 6.07) is 12.6. The molecule has 2 rings (SSSR count). The van der Waals surface area contributed by atoms with E-state index in [0.29, 0.717) is 0 Å². The molecule has 1 N–H and O–H groups in total. The van der Waals surface area contributed by atoms with Crippen molar-refractivity contribution < 1.29 is 0 Å². The molecule has 1 aromatic carbocycles. The normalized spacial score (nSPS) is 10.2. The van der Waals surface area contributed by atoms with Gasteiger partial charge in [0.1, 0.15) is 0 Å². The number of hydrogen-bond acceptors (Lipinski definition) is 3. The van der Waals surface area contributed by atoms with Gasteiger partial charge >= 0.3 is 0 Å². The van der Waals surface area contributed by atoms with Crippen LogP contribution in [-0.2, 0) is 5.75 Å². The third-order valence-corrected chi connectivity index (χ3v) is 3.51. The SMILES string of the molecule is CNc1ccnc(CSc2cccc(C)c2)c1. The van der Waals surface area contributed by atoms with Crippen LogP contribution >= 0.6 is 11.8 Å². The molecule has 88 valence electrons. The lowest BCUT2D eigenvalue weighted by atomic mass is 10.2. The second-order valence-electron chi connectivity index (χ2n) is 3.89. The zero-order valence-electron chi connectivity index (χ0n) is 10.1. The van der Waals surface area contributed by atoms with Crippen molar-refractivity contribution >= 4 is 17.4 Å². The molecule has 0 spiro atoms. The fourth-order valence-corrected chi connectivity index (χ4v) is 2.49. The summed E-state index contributed by atoms with van der Waals surface area (Å²) in [4.78, 5) is 5.66. The summed E-state index contributed by atoms with van der Waals surface area (Å²) in [5.41, 5.74) is 3.51. The number of nitrogens with one attached hydrogen (secondary N) is 1. The Kier molecular flexibility index (Phi) is 4.04. The zero-order chi connectivity index (χ0) is 12.1. The van der Waals surface area contributed by atoms with Crippen molar-refractivity contribution in [2.45, 2.75) is 17.6 Å². The molecule has 2 aromatic rings. The number of thioether (sulfide) groups is 1. The van der Waals surface area contributed by atoms with E-state index >= 15 is 0 Å². The first-order chi connectivity index (χ1) is 8.28. The minimum absolute atomic E-state index is 0.902. The van der Waals surface area contributed by atoms with Gasteiger partial charge in [0, 0.05) is 29.6 Å². The first-order valence-corrected chi connectivity index (χ1v) is 6.58. The van der Waals surface area contributed by atoms with Crippen molar-refractivity contribution in [1.82, 2.24) is 4.98 Å². The highest BCUT2D eigenvalue weighted by atomic mass is 32.2. The van der Waals surface area contributed by atoms with Crippen LogP contribution in [0.15, 0.2) is 47.5 Å². The molecule has 0 aliphatic carbocycles. The molecule has 0 fully saturated rings. The number of aryl methyl sites for hydroxylation is 1. The highest BCUT2D eigenvalue weighted by Crippen LogP contribution is 2.23. The van der Waals surface area contributed by atoms with E-state index in [0.717, 1.165) is 17.1 Å². The number of aromatic nitrogens is 1. The van der Waals surface area contributed by atoms with Crippen LogP contribution in [0.1, 0.15) is 11.3 Å². The van der Waals surface area contributed by atoms with Crippen LogP contribution < -0.4 is 5.32 Å². The van der Waals surface area contributed by atoms with E-state index < -0.39 is 0 Å². The summed E-state index contributed by atoms with van der Waals surface area (Å²) in [5.74, 6) is 0.902. The molecule has 0 saturated heterocycles. The number of anilines is 1. The maximum Gasteiger partial charge on any atom is 0.0526 e. The average molecular weight is 244 g/mol. The minimum atomic E-state index is 0.902. The van der Waals surface area contributed by atoms with Gasteiger partial charge in [0.25, 0.3) is 0 Å². The van der Waals surface area contributed by atoms with Gasteiger partial charge in [-0.25, -0.2) is 0 Å². The third kappa shape index (κ3) is 3.49. The lowest BCUT2D eigenvalue weighted by Crippen LogP contribution is -1.92. The first kappa shape index (κ1) is 12.0. The van der Waals surface area contributed by atoms with Crippen molar-refractivity contribution in [1.29, 1.82) is 0 Å². The standard InChI is InChI=1S/C14H16N2S/c1-11-4-3-5-14(8-11)17-10-13-9-12(15-2)6-7-16-13/h3-9H,10H2,1-2H3,(H,15,16). The summed E-state index contributed by atoms with van der Waals surface area (Å²) in [6.07, 6.45) is 1.85. The first-order valence-electron chi connectivity index (χ1n) is 5.60. The number of nitrogens with zero attached hydrogens (tertiary/aromatic N) is 1. The predicted molar refractivity (Wildman–Crippen MR) is 74.5 cm³/mol. The zero-order valence-corrected chi connectivity index (χ0v) is 10.9. The Balaban J connectivity index is 2.02. The fraction of sp³-hybridized carbons (Fsp3) is 0.214. The molecule has 0 atom stereocenters. The lowest BCUT2D eigenvalue weighted by molar-refractivity contribution is 1.17. The highest BCUT2D eigenvalue weighted by Gasteiger charge is 1.99. The molecule has 0 saturated carbocycles. The molecule has 17 heavy (non-hydrogen) atoms. The Labute approximate surface area is 106 Å². The van der Waals surface area contributed by atoms with Crippen LogP contribution in [0.25, 0.3) is 0 Å². The summed E-state index contributed by atoms with van der Waals surface area (Å²) >= 11 is 1.82. The molecule has 0 radical (unpaired) electrons. The van der Waals surface area contributed by atoms with Crippen LogP contribution in [0.4, 0.5) is 5.69 Å². The topological polar surface area (TPSA) is 24.9 Å². The average Bonchev–Trinajstić information content (AvgIpc) is 2.37. The molecule has 0 aliphatic rings. The van der Waals surface area contributed by atoms with Crippen molar-refractivity contribution in [3.8, 4) is 0 Å². The van der Waals surface area contributed by atoms with Crippen LogP contribution in [0, 0.1) is 6.92 Å². The van der Waals surface area contributed by atoms with Crippen molar-refractivity contribution in [2.75, 3.05) is 12.4 Å². The molecular weight excluding hydrogens is 228 g/mol. The molecule has 3 heteroatoms. The summed E-state index contributed by atoms with van der Waals surface area (Å²) in [7, 11) is 1.92. The van der Waals surface area contributed by atoms with E-state index in [9.17, 15) is 0 Å². The molecule has 1 heterocycles. The monoisotopic (exact) mass is 244 g/mol. The van der Waals surface area contributed by atoms with Crippen molar-refractivity contribution in [2.24, 2.45) is 0 Å². The second-order valence-corrected chi connectivity index (χ2v) is 4.94. The van der Waals surface area contributed by atoms with Gasteiger partial charge in [-0.2, -0.15) is 0 Å². The van der Waals surface area contributed by atoms with E-state index in [-0.39, 0.29) is 0 Å². The maximum atomic E-state index is 4.36. The number of hydrogen-bond donors (Lipinski definition) is 1. The molecule has 2 nitrogen and oxygen atoms in total. The van der Waals surface area contributed by atoms with Gasteiger partial charge in [-0.05, 0) is 31.2 Å². The van der Waals surface area contributed by atoms with Crippen LogP contribution in [-0.4, -0.2) is 12.0 Å². The Morgan fingerprint density at radius 2 is 2.12 bits per heavy atom. The van der Waals surface area contributed by atoms with E-state index in [1.54, 1.807) is 0 Å². The molecule has 0 unspecified atom stereocenters. The smallest absolute Gasteiger partial charge is 0.0526 e. The number of rotatable bonds is 4. The second kappa shape index (κ2) is 5.73. The van der Waals surface area contributed by atoms with E-state index in [1.807, 2.05) is 31.1 Å². The highest BCUT2D eigenvalue weighted by molar-refractivity contribution is 7.98. The quantitative estimate of drug-likeness (QED) is 0.830. The van der Waals surface area contributed by atoms with Crippen LogP contribution in [0.3, 0.4) is 0 Å². The van der Waals surface area contributed by atoms with Gasteiger partial charge in [-0.15, -0.1) is 11.8 Å². The molecule has 0 bridgehead atoms. The Hall–Kier alpha value is -1.48. The van der Waals surface area contributed by atoms with Crippen molar-refractivity contribution in [3.05, 3.63) is 53.9 Å². The van der Waals surface area contributed by atoms with Gasteiger partial charge in [-0.1, -0.05) is 17.7 Å². The van der Waals surface area contributed by atoms with Crippen molar-refractivity contribution in [3.63, 3.8) is 0 Å². The lowest BCUT2D eigenvalue weighted by Gasteiger charge is -2.04. The van der Waals surface area contributed by atoms with Gasteiger partial charge in [0.05, 0.1) is 5.69 Å². The predicted octanol–water partition coefficient (Wildman–Crippen LogP) is 3.72. The van der Waals surface area contributed by atoms with Gasteiger partial charge < -0.3 is 5.32 Å². The van der Waals surface area contributed by atoms with E-state index in [4.69, 9.17) is 0 Å². The van der Waals surface area contributed by atoms with E-state index in [2.05, 4.69) is 47.6 Å². The third-order valence-electron chi connectivity index (χ3n) is 2.48. The summed E-state index contributed by atoms with van der Waals surface area (Å²) < 4.78 is 0. The molecule has 0 amide bonds. The summed E-state index contributed by atoms with van der Waals surface area (Å²) in [5, 5.41) is 3.13. The van der Waals surface area contributed by atoms with Gasteiger partial charge in [-0.3, -0.25) is 4.98 Å². The molecule has 0 aliphatic heterocycles. The summed E-state index contributed by atoms with van der Waals surface area (Å²) in [6.45, 7) is 2.12.